The Kier molecular flexibility index (Phi) is 5.90. The zero-order valence-electron chi connectivity index (χ0n) is 12.8. The smallest absolute Gasteiger partial charge is 0.324 e. The lowest BCUT2D eigenvalue weighted by Gasteiger charge is -2.17. The van der Waals surface area contributed by atoms with Crippen LogP contribution < -0.4 is 4.72 Å². The molecule has 5 nitrogen and oxygen atoms in total. The van der Waals surface area contributed by atoms with Crippen molar-refractivity contribution in [2.75, 3.05) is 6.61 Å². The van der Waals surface area contributed by atoms with Crippen LogP contribution in [0.2, 0.25) is 0 Å². The quantitative estimate of drug-likeness (QED) is 0.788. The molecule has 0 radical (unpaired) electrons. The first kappa shape index (κ1) is 17.2. The van der Waals surface area contributed by atoms with Crippen molar-refractivity contribution in [3.05, 3.63) is 66.2 Å². The van der Waals surface area contributed by atoms with Gasteiger partial charge in [0.05, 0.1) is 11.5 Å². The molecule has 2 aromatic rings. The Morgan fingerprint density at radius 2 is 1.61 bits per heavy atom. The zero-order valence-corrected chi connectivity index (χ0v) is 13.6. The van der Waals surface area contributed by atoms with Gasteiger partial charge in [-0.1, -0.05) is 48.5 Å². The van der Waals surface area contributed by atoms with E-state index >= 15 is 0 Å². The second-order valence-electron chi connectivity index (χ2n) is 4.93. The summed E-state index contributed by atoms with van der Waals surface area (Å²) in [5.74, 6) is -0.587. The summed E-state index contributed by atoms with van der Waals surface area (Å²) >= 11 is 0. The first-order valence-corrected chi connectivity index (χ1v) is 8.79. The molecule has 23 heavy (non-hydrogen) atoms. The predicted octanol–water partition coefficient (Wildman–Crippen LogP) is 2.14. The van der Waals surface area contributed by atoms with Gasteiger partial charge in [-0.25, -0.2) is 8.42 Å². The lowest BCUT2D eigenvalue weighted by Crippen LogP contribution is -2.43. The standard InChI is InChI=1S/C17H19NO4S/c1-2-22-17(19)16(13-14-9-5-3-6-10-14)18-23(20,21)15-11-7-4-8-12-15/h3-12,16,18H,2,13H2,1H3/t16-/m0/s1. The normalized spacial score (nSPS) is 12.6. The van der Waals surface area contributed by atoms with E-state index in [2.05, 4.69) is 4.72 Å². The van der Waals surface area contributed by atoms with Crippen molar-refractivity contribution < 1.29 is 17.9 Å². The molecule has 0 aliphatic rings. The van der Waals surface area contributed by atoms with E-state index in [-0.39, 0.29) is 17.9 Å². The fourth-order valence-corrected chi connectivity index (χ4v) is 3.33. The van der Waals surface area contributed by atoms with E-state index < -0.39 is 22.0 Å². The van der Waals surface area contributed by atoms with Gasteiger partial charge in [-0.3, -0.25) is 4.79 Å². The molecule has 0 aromatic heterocycles. The third kappa shape index (κ3) is 4.91. The first-order chi connectivity index (χ1) is 11.0. The average molecular weight is 333 g/mol. The molecule has 1 N–H and O–H groups in total. The van der Waals surface area contributed by atoms with Crippen molar-refractivity contribution >= 4 is 16.0 Å². The fraction of sp³-hybridized carbons (Fsp3) is 0.235. The number of benzene rings is 2. The van der Waals surface area contributed by atoms with Gasteiger partial charge in [0, 0.05) is 0 Å². The number of esters is 1. The van der Waals surface area contributed by atoms with Gasteiger partial charge in [-0.05, 0) is 31.0 Å². The van der Waals surface area contributed by atoms with Crippen molar-refractivity contribution in [3.8, 4) is 0 Å². The maximum atomic E-state index is 12.4. The number of hydrogen-bond acceptors (Lipinski definition) is 4. The summed E-state index contributed by atoms with van der Waals surface area (Å²) in [5.41, 5.74) is 0.848. The molecule has 2 rings (SSSR count). The van der Waals surface area contributed by atoms with Gasteiger partial charge >= 0.3 is 5.97 Å². The molecule has 0 aliphatic heterocycles. The summed E-state index contributed by atoms with van der Waals surface area (Å²) in [5, 5.41) is 0. The Balaban J connectivity index is 2.22. The van der Waals surface area contributed by atoms with Crippen LogP contribution in [-0.2, 0) is 26.0 Å². The molecule has 0 bridgehead atoms. The fourth-order valence-electron chi connectivity index (χ4n) is 2.12. The Hall–Kier alpha value is -2.18. The van der Waals surface area contributed by atoms with E-state index in [9.17, 15) is 13.2 Å². The third-order valence-electron chi connectivity index (χ3n) is 3.20. The minimum Gasteiger partial charge on any atom is -0.465 e. The zero-order chi connectivity index (χ0) is 16.7. The van der Waals surface area contributed by atoms with Crippen molar-refractivity contribution in [2.24, 2.45) is 0 Å². The molecule has 2 aromatic carbocycles. The highest BCUT2D eigenvalue weighted by Crippen LogP contribution is 2.11. The van der Waals surface area contributed by atoms with Crippen LogP contribution in [0.3, 0.4) is 0 Å². The second kappa shape index (κ2) is 7.89. The van der Waals surface area contributed by atoms with Gasteiger partial charge in [-0.15, -0.1) is 0 Å². The van der Waals surface area contributed by atoms with Gasteiger partial charge < -0.3 is 4.74 Å². The van der Waals surface area contributed by atoms with Crippen molar-refractivity contribution in [1.29, 1.82) is 0 Å². The lowest BCUT2D eigenvalue weighted by molar-refractivity contribution is -0.145. The number of carbonyl (C=O) groups excluding carboxylic acids is 1. The Labute approximate surface area is 136 Å². The van der Waals surface area contributed by atoms with E-state index in [1.165, 1.54) is 12.1 Å². The van der Waals surface area contributed by atoms with Gasteiger partial charge in [-0.2, -0.15) is 4.72 Å². The lowest BCUT2D eigenvalue weighted by atomic mass is 10.1. The maximum absolute atomic E-state index is 12.4. The maximum Gasteiger partial charge on any atom is 0.324 e. The van der Waals surface area contributed by atoms with Crippen LogP contribution in [0.1, 0.15) is 12.5 Å². The molecule has 0 saturated carbocycles. The van der Waals surface area contributed by atoms with Crippen LogP contribution in [0.4, 0.5) is 0 Å². The highest BCUT2D eigenvalue weighted by Gasteiger charge is 2.26. The minimum absolute atomic E-state index is 0.113. The van der Waals surface area contributed by atoms with E-state index in [1.807, 2.05) is 30.3 Å². The summed E-state index contributed by atoms with van der Waals surface area (Å²) in [6.07, 6.45) is 0.228. The topological polar surface area (TPSA) is 72.5 Å². The molecule has 0 saturated heterocycles. The number of rotatable bonds is 7. The van der Waals surface area contributed by atoms with Crippen LogP contribution in [-0.4, -0.2) is 27.0 Å². The van der Waals surface area contributed by atoms with Crippen molar-refractivity contribution in [2.45, 2.75) is 24.3 Å². The van der Waals surface area contributed by atoms with Crippen molar-refractivity contribution in [3.63, 3.8) is 0 Å². The van der Waals surface area contributed by atoms with Gasteiger partial charge in [0.2, 0.25) is 10.0 Å². The minimum atomic E-state index is -3.79. The molecule has 0 amide bonds. The Morgan fingerprint density at radius 1 is 1.04 bits per heavy atom. The number of carbonyl (C=O) groups is 1. The van der Waals surface area contributed by atoms with Crippen LogP contribution in [0.25, 0.3) is 0 Å². The van der Waals surface area contributed by atoms with Gasteiger partial charge in [0.1, 0.15) is 6.04 Å². The van der Waals surface area contributed by atoms with Crippen LogP contribution in [0, 0.1) is 0 Å². The number of ether oxygens (including phenoxy) is 1. The molecule has 0 spiro atoms. The molecular weight excluding hydrogens is 314 g/mol. The van der Waals surface area contributed by atoms with Crippen LogP contribution in [0.15, 0.2) is 65.6 Å². The van der Waals surface area contributed by atoms with Gasteiger partial charge in [0.25, 0.3) is 0 Å². The highest BCUT2D eigenvalue weighted by molar-refractivity contribution is 7.89. The summed E-state index contributed by atoms with van der Waals surface area (Å²) in [6.45, 7) is 1.88. The third-order valence-corrected chi connectivity index (χ3v) is 4.69. The van der Waals surface area contributed by atoms with E-state index in [0.29, 0.717) is 0 Å². The summed E-state index contributed by atoms with van der Waals surface area (Å²) in [7, 11) is -3.79. The summed E-state index contributed by atoms with van der Waals surface area (Å²) in [4.78, 5) is 12.2. The van der Waals surface area contributed by atoms with E-state index in [4.69, 9.17) is 4.74 Å². The monoisotopic (exact) mass is 333 g/mol. The summed E-state index contributed by atoms with van der Waals surface area (Å²) < 4.78 is 32.3. The molecule has 6 heteroatoms. The Morgan fingerprint density at radius 3 is 2.17 bits per heavy atom. The predicted molar refractivity (Wildman–Crippen MR) is 87.3 cm³/mol. The molecule has 1 atom stereocenters. The highest BCUT2D eigenvalue weighted by atomic mass is 32.2. The summed E-state index contributed by atoms with van der Waals surface area (Å²) in [6, 6.07) is 16.2. The van der Waals surface area contributed by atoms with Gasteiger partial charge in [0.15, 0.2) is 0 Å². The second-order valence-corrected chi connectivity index (χ2v) is 6.64. The van der Waals surface area contributed by atoms with Crippen LogP contribution >= 0.6 is 0 Å². The number of nitrogens with one attached hydrogen (secondary N) is 1. The molecule has 0 fully saturated rings. The number of hydrogen-bond donors (Lipinski definition) is 1. The molecule has 0 unspecified atom stereocenters. The molecule has 122 valence electrons. The van der Waals surface area contributed by atoms with E-state index in [0.717, 1.165) is 5.56 Å². The molecule has 0 aliphatic carbocycles. The number of sulfonamides is 1. The molecule has 0 heterocycles. The SMILES string of the molecule is CCOC(=O)[C@H](Cc1ccccc1)NS(=O)(=O)c1ccccc1. The largest absolute Gasteiger partial charge is 0.465 e. The molecular formula is C17H19NO4S. The van der Waals surface area contributed by atoms with Crippen LogP contribution in [0.5, 0.6) is 0 Å². The van der Waals surface area contributed by atoms with E-state index in [1.54, 1.807) is 25.1 Å². The first-order valence-electron chi connectivity index (χ1n) is 7.31. The van der Waals surface area contributed by atoms with Crippen molar-refractivity contribution in [1.82, 2.24) is 4.72 Å². The Bertz CT molecular complexity index is 730. The average Bonchev–Trinajstić information content (AvgIpc) is 2.56.